The lowest BCUT2D eigenvalue weighted by atomic mass is 10.1. The molecule has 0 saturated heterocycles. The number of nitrogens with one attached hydrogen (secondary N) is 1. The van der Waals surface area contributed by atoms with Gasteiger partial charge in [0, 0.05) is 24.6 Å². The van der Waals surface area contributed by atoms with Crippen LogP contribution in [0.25, 0.3) is 0 Å². The summed E-state index contributed by atoms with van der Waals surface area (Å²) in [5, 5.41) is 3.16. The van der Waals surface area contributed by atoms with Gasteiger partial charge in [-0.15, -0.1) is 24.0 Å². The van der Waals surface area contributed by atoms with Crippen LogP contribution in [0.4, 0.5) is 5.69 Å². The van der Waals surface area contributed by atoms with E-state index in [1.165, 1.54) is 16.7 Å². The second-order valence-corrected chi connectivity index (χ2v) is 6.26. The minimum atomic E-state index is 0. The average Bonchev–Trinajstić information content (AvgIpc) is 3.05. The van der Waals surface area contributed by atoms with Crippen molar-refractivity contribution in [2.24, 2.45) is 10.7 Å². The zero-order valence-electron chi connectivity index (χ0n) is 15.0. The molecule has 6 heteroatoms. The van der Waals surface area contributed by atoms with Gasteiger partial charge in [-0.2, -0.15) is 0 Å². The maximum atomic E-state index is 6.03. The molecule has 3 rings (SSSR count). The van der Waals surface area contributed by atoms with Crippen molar-refractivity contribution in [1.82, 2.24) is 9.55 Å². The number of guanidine groups is 1. The van der Waals surface area contributed by atoms with Gasteiger partial charge in [-0.1, -0.05) is 30.3 Å². The molecule has 1 aromatic heterocycles. The van der Waals surface area contributed by atoms with Crippen LogP contribution in [0.2, 0.25) is 0 Å². The van der Waals surface area contributed by atoms with Crippen LogP contribution in [-0.2, 0) is 13.1 Å². The third kappa shape index (κ3) is 5.87. The van der Waals surface area contributed by atoms with Crippen LogP contribution in [0.3, 0.4) is 0 Å². The molecular formula is C20H24IN5. The van der Waals surface area contributed by atoms with Crippen LogP contribution in [0.15, 0.2) is 66.2 Å². The maximum absolute atomic E-state index is 6.03. The van der Waals surface area contributed by atoms with E-state index in [0.717, 1.165) is 17.8 Å². The van der Waals surface area contributed by atoms with Gasteiger partial charge in [-0.05, 0) is 48.2 Å². The molecule has 3 N–H and O–H groups in total. The topological polar surface area (TPSA) is 68.2 Å². The summed E-state index contributed by atoms with van der Waals surface area (Å²) in [6.07, 6.45) is 5.56. The van der Waals surface area contributed by atoms with Gasteiger partial charge in [-0.25, -0.2) is 9.98 Å². The van der Waals surface area contributed by atoms with Crippen LogP contribution < -0.4 is 11.1 Å². The second-order valence-electron chi connectivity index (χ2n) is 6.26. The van der Waals surface area contributed by atoms with E-state index < -0.39 is 0 Å². The van der Waals surface area contributed by atoms with Gasteiger partial charge in [-0.3, -0.25) is 0 Å². The molecule has 2 aromatic carbocycles. The Labute approximate surface area is 171 Å². The number of benzene rings is 2. The smallest absolute Gasteiger partial charge is 0.193 e. The summed E-state index contributed by atoms with van der Waals surface area (Å²) in [6, 6.07) is 14.6. The van der Waals surface area contributed by atoms with Gasteiger partial charge in [0.2, 0.25) is 0 Å². The molecule has 0 aliphatic rings. The van der Waals surface area contributed by atoms with E-state index in [9.17, 15) is 0 Å². The highest BCUT2D eigenvalue weighted by molar-refractivity contribution is 14.0. The van der Waals surface area contributed by atoms with Gasteiger partial charge in [0.05, 0.1) is 12.9 Å². The van der Waals surface area contributed by atoms with Crippen molar-refractivity contribution in [3.63, 3.8) is 0 Å². The summed E-state index contributed by atoms with van der Waals surface area (Å²) >= 11 is 0. The molecule has 0 bridgehead atoms. The average molecular weight is 461 g/mol. The van der Waals surface area contributed by atoms with E-state index in [0.29, 0.717) is 12.5 Å². The fourth-order valence-electron chi connectivity index (χ4n) is 2.83. The van der Waals surface area contributed by atoms with Crippen molar-refractivity contribution in [1.29, 1.82) is 0 Å². The number of imidazole rings is 1. The zero-order valence-corrected chi connectivity index (χ0v) is 17.3. The summed E-state index contributed by atoms with van der Waals surface area (Å²) in [7, 11) is 0. The molecule has 3 aromatic rings. The summed E-state index contributed by atoms with van der Waals surface area (Å²) in [4.78, 5) is 8.52. The number of hydrogen-bond donors (Lipinski definition) is 2. The lowest BCUT2D eigenvalue weighted by Gasteiger charge is -2.08. The lowest BCUT2D eigenvalue weighted by molar-refractivity contribution is 0.795. The molecular weight excluding hydrogens is 437 g/mol. The number of hydrogen-bond acceptors (Lipinski definition) is 2. The fraction of sp³-hybridized carbons (Fsp3) is 0.200. The molecule has 0 saturated carbocycles. The van der Waals surface area contributed by atoms with Crippen LogP contribution in [0, 0.1) is 13.8 Å². The Bertz CT molecular complexity index is 851. The molecule has 5 nitrogen and oxygen atoms in total. The van der Waals surface area contributed by atoms with Gasteiger partial charge >= 0.3 is 0 Å². The van der Waals surface area contributed by atoms with E-state index >= 15 is 0 Å². The van der Waals surface area contributed by atoms with Crippen molar-refractivity contribution in [2.75, 3.05) is 5.32 Å². The Kier molecular flexibility index (Phi) is 7.20. The number of nitrogens with zero attached hydrogens (tertiary/aromatic N) is 3. The fourth-order valence-corrected chi connectivity index (χ4v) is 2.83. The maximum Gasteiger partial charge on any atom is 0.193 e. The number of anilines is 1. The Hall–Kier alpha value is -2.35. The highest BCUT2D eigenvalue weighted by atomic mass is 127. The minimum absolute atomic E-state index is 0. The molecule has 136 valence electrons. The van der Waals surface area contributed by atoms with Crippen LogP contribution in [-0.4, -0.2) is 15.5 Å². The molecule has 0 unspecified atom stereocenters. The first-order valence-corrected chi connectivity index (χ1v) is 8.27. The standard InChI is InChI=1S/C20H23N5.HI/c1-15-8-16(2)10-19(9-15)24-20(21)23-12-17-4-3-5-18(11-17)13-25-7-6-22-14-25;/h3-11,14H,12-13H2,1-2H3,(H3,21,23,24);1H. The van der Waals surface area contributed by atoms with E-state index in [1.807, 2.05) is 23.2 Å². The lowest BCUT2D eigenvalue weighted by Crippen LogP contribution is -2.22. The van der Waals surface area contributed by atoms with Gasteiger partial charge < -0.3 is 15.6 Å². The number of nitrogens with two attached hydrogens (primary N) is 1. The van der Waals surface area contributed by atoms with Crippen molar-refractivity contribution in [3.8, 4) is 0 Å². The van der Waals surface area contributed by atoms with Gasteiger partial charge in [0.15, 0.2) is 5.96 Å². The van der Waals surface area contributed by atoms with E-state index in [4.69, 9.17) is 5.73 Å². The van der Waals surface area contributed by atoms with Crippen molar-refractivity contribution in [2.45, 2.75) is 26.9 Å². The Morgan fingerprint density at radius 1 is 1.12 bits per heavy atom. The van der Waals surface area contributed by atoms with Crippen molar-refractivity contribution >= 4 is 35.6 Å². The van der Waals surface area contributed by atoms with E-state index in [-0.39, 0.29) is 24.0 Å². The first-order valence-electron chi connectivity index (χ1n) is 8.27. The number of rotatable bonds is 5. The zero-order chi connectivity index (χ0) is 17.6. The number of aliphatic imine (C=N–C) groups is 1. The molecule has 1 heterocycles. The van der Waals surface area contributed by atoms with Crippen LogP contribution in [0.5, 0.6) is 0 Å². The van der Waals surface area contributed by atoms with Crippen molar-refractivity contribution < 1.29 is 0 Å². The monoisotopic (exact) mass is 461 g/mol. The molecule has 26 heavy (non-hydrogen) atoms. The molecule has 0 spiro atoms. The predicted molar refractivity (Wildman–Crippen MR) is 118 cm³/mol. The number of aromatic nitrogens is 2. The summed E-state index contributed by atoms with van der Waals surface area (Å²) in [6.45, 7) is 5.48. The quantitative estimate of drug-likeness (QED) is 0.342. The van der Waals surface area contributed by atoms with Crippen molar-refractivity contribution in [3.05, 3.63) is 83.4 Å². The third-order valence-electron chi connectivity index (χ3n) is 3.84. The molecule has 0 amide bonds. The first-order chi connectivity index (χ1) is 12.1. The predicted octanol–water partition coefficient (Wildman–Crippen LogP) is 4.09. The normalized spacial score (nSPS) is 11.1. The van der Waals surface area contributed by atoms with Crippen LogP contribution >= 0.6 is 24.0 Å². The van der Waals surface area contributed by atoms with E-state index in [2.05, 4.69) is 65.5 Å². The Balaban J connectivity index is 0.00000243. The largest absolute Gasteiger partial charge is 0.370 e. The molecule has 0 aliphatic carbocycles. The highest BCUT2D eigenvalue weighted by Crippen LogP contribution is 2.13. The number of aryl methyl sites for hydroxylation is 2. The first kappa shape index (κ1) is 20.0. The molecule has 0 fully saturated rings. The Morgan fingerprint density at radius 2 is 1.85 bits per heavy atom. The molecule has 0 radical (unpaired) electrons. The number of halogens is 1. The van der Waals surface area contributed by atoms with E-state index in [1.54, 1.807) is 6.20 Å². The highest BCUT2D eigenvalue weighted by Gasteiger charge is 2.00. The van der Waals surface area contributed by atoms with Gasteiger partial charge in [0.1, 0.15) is 0 Å². The summed E-state index contributed by atoms with van der Waals surface area (Å²) in [5.41, 5.74) is 11.7. The Morgan fingerprint density at radius 3 is 2.54 bits per heavy atom. The SMILES string of the molecule is Cc1cc(C)cc(NC(N)=NCc2cccc(Cn3ccnc3)c2)c1.I. The summed E-state index contributed by atoms with van der Waals surface area (Å²) in [5.74, 6) is 0.421. The van der Waals surface area contributed by atoms with Gasteiger partial charge in [0.25, 0.3) is 0 Å². The third-order valence-corrected chi connectivity index (χ3v) is 3.84. The van der Waals surface area contributed by atoms with Crippen LogP contribution in [0.1, 0.15) is 22.3 Å². The molecule has 0 atom stereocenters. The minimum Gasteiger partial charge on any atom is -0.370 e. The molecule has 0 aliphatic heterocycles. The summed E-state index contributed by atoms with van der Waals surface area (Å²) < 4.78 is 2.04. The second kappa shape index (κ2) is 9.38.